The van der Waals surface area contributed by atoms with Gasteiger partial charge in [-0.05, 0) is 13.0 Å². The van der Waals surface area contributed by atoms with Crippen molar-refractivity contribution in [2.24, 2.45) is 0 Å². The van der Waals surface area contributed by atoms with Crippen LogP contribution >= 0.6 is 0 Å². The first-order valence-corrected chi connectivity index (χ1v) is 4.28. The molecule has 86 valence electrons. The molecule has 0 aliphatic heterocycles. The van der Waals surface area contributed by atoms with E-state index in [-0.39, 0.29) is 18.0 Å². The Morgan fingerprint density at radius 1 is 1.25 bits per heavy atom. The first-order chi connectivity index (χ1) is 7.56. The summed E-state index contributed by atoms with van der Waals surface area (Å²) in [5, 5.41) is 21.0. The molecule has 8 heteroatoms. The summed E-state index contributed by atoms with van der Waals surface area (Å²) in [6, 6.07) is 3.03. The Morgan fingerprint density at radius 2 is 1.94 bits per heavy atom. The van der Waals surface area contributed by atoms with Gasteiger partial charge in [0.25, 0.3) is 5.69 Å². The summed E-state index contributed by atoms with van der Waals surface area (Å²) in [5.41, 5.74) is -0.891. The molecule has 0 aliphatic carbocycles. The van der Waals surface area contributed by atoms with Crippen LogP contribution in [0.1, 0.15) is 6.92 Å². The standard InChI is InChI=1S/C8H8N2O6/c1-2-15-16-8-4-3-6(9(11)12)5-7(8)10(13)14/h3-5H,2H2,1H3. The Kier molecular flexibility index (Phi) is 3.72. The summed E-state index contributed by atoms with van der Waals surface area (Å²) in [6.45, 7) is 1.84. The lowest BCUT2D eigenvalue weighted by Crippen LogP contribution is -2.00. The maximum absolute atomic E-state index is 10.6. The number of nitrogens with zero attached hydrogens (tertiary/aromatic N) is 2. The number of non-ortho nitro benzene ring substituents is 1. The van der Waals surface area contributed by atoms with Crippen LogP contribution in [0.25, 0.3) is 0 Å². The molecule has 0 fully saturated rings. The van der Waals surface area contributed by atoms with Crippen molar-refractivity contribution in [1.82, 2.24) is 0 Å². The smallest absolute Gasteiger partial charge is 0.321 e. The fourth-order valence-electron chi connectivity index (χ4n) is 0.955. The summed E-state index contributed by atoms with van der Waals surface area (Å²) in [4.78, 5) is 28.7. The largest absolute Gasteiger partial charge is 0.330 e. The van der Waals surface area contributed by atoms with E-state index in [2.05, 4.69) is 9.78 Å². The van der Waals surface area contributed by atoms with Crippen LogP contribution in [0.4, 0.5) is 11.4 Å². The van der Waals surface area contributed by atoms with E-state index >= 15 is 0 Å². The van der Waals surface area contributed by atoms with Gasteiger partial charge < -0.3 is 4.89 Å². The molecule has 8 nitrogen and oxygen atoms in total. The van der Waals surface area contributed by atoms with E-state index in [0.29, 0.717) is 0 Å². The monoisotopic (exact) mass is 228 g/mol. The molecule has 1 aromatic carbocycles. The average Bonchev–Trinajstić information content (AvgIpc) is 2.25. The molecule has 0 N–H and O–H groups in total. The molecule has 0 bridgehead atoms. The first-order valence-electron chi connectivity index (χ1n) is 4.28. The Bertz CT molecular complexity index is 419. The Morgan fingerprint density at radius 3 is 2.44 bits per heavy atom. The van der Waals surface area contributed by atoms with Crippen LogP contribution in [0, 0.1) is 20.2 Å². The highest BCUT2D eigenvalue weighted by molar-refractivity contribution is 5.53. The van der Waals surface area contributed by atoms with Crippen molar-refractivity contribution >= 4 is 11.4 Å². The van der Waals surface area contributed by atoms with E-state index in [4.69, 9.17) is 0 Å². The third kappa shape index (κ3) is 2.64. The van der Waals surface area contributed by atoms with Gasteiger partial charge in [0.15, 0.2) is 0 Å². The van der Waals surface area contributed by atoms with Crippen LogP contribution in [-0.2, 0) is 4.89 Å². The molecule has 1 aromatic rings. The number of nitro groups is 2. The molecule has 0 saturated carbocycles. The molecule has 16 heavy (non-hydrogen) atoms. The highest BCUT2D eigenvalue weighted by Crippen LogP contribution is 2.30. The average molecular weight is 228 g/mol. The molecule has 0 unspecified atom stereocenters. The van der Waals surface area contributed by atoms with Crippen molar-refractivity contribution < 1.29 is 19.6 Å². The molecule has 0 saturated heterocycles. The molecule has 0 aromatic heterocycles. The van der Waals surface area contributed by atoms with Crippen molar-refractivity contribution in [3.8, 4) is 5.75 Å². The van der Waals surface area contributed by atoms with Crippen LogP contribution in [0.15, 0.2) is 18.2 Å². The van der Waals surface area contributed by atoms with E-state index in [9.17, 15) is 20.2 Å². The molecule has 0 radical (unpaired) electrons. The molecular weight excluding hydrogens is 220 g/mol. The maximum atomic E-state index is 10.6. The molecule has 1 rings (SSSR count). The molecule has 0 atom stereocenters. The normalized spacial score (nSPS) is 9.81. The molecule has 0 heterocycles. The van der Waals surface area contributed by atoms with Gasteiger partial charge in [-0.15, -0.1) is 0 Å². The van der Waals surface area contributed by atoms with Crippen LogP contribution in [0.3, 0.4) is 0 Å². The summed E-state index contributed by atoms with van der Waals surface area (Å²) in [6.07, 6.45) is 0. The van der Waals surface area contributed by atoms with Crippen molar-refractivity contribution in [3.05, 3.63) is 38.4 Å². The predicted molar refractivity (Wildman–Crippen MR) is 52.0 cm³/mol. The molecule has 0 aliphatic rings. The second kappa shape index (κ2) is 5.03. The van der Waals surface area contributed by atoms with Crippen molar-refractivity contribution in [1.29, 1.82) is 0 Å². The van der Waals surface area contributed by atoms with Crippen molar-refractivity contribution in [2.45, 2.75) is 6.92 Å². The zero-order valence-electron chi connectivity index (χ0n) is 8.28. The van der Waals surface area contributed by atoms with Gasteiger partial charge in [-0.2, -0.15) is 4.89 Å². The number of hydrogen-bond acceptors (Lipinski definition) is 6. The highest BCUT2D eigenvalue weighted by atomic mass is 17.2. The lowest BCUT2D eigenvalue weighted by Gasteiger charge is -2.02. The van der Waals surface area contributed by atoms with E-state index in [1.807, 2.05) is 0 Å². The summed E-state index contributed by atoms with van der Waals surface area (Å²) in [7, 11) is 0. The van der Waals surface area contributed by atoms with Gasteiger partial charge >= 0.3 is 5.69 Å². The number of rotatable bonds is 5. The highest BCUT2D eigenvalue weighted by Gasteiger charge is 2.21. The van der Waals surface area contributed by atoms with E-state index < -0.39 is 15.5 Å². The zero-order valence-corrected chi connectivity index (χ0v) is 8.28. The third-order valence-corrected chi connectivity index (χ3v) is 1.62. The quantitative estimate of drug-likeness (QED) is 0.432. The minimum absolute atomic E-state index is 0.169. The van der Waals surface area contributed by atoms with Crippen molar-refractivity contribution in [3.63, 3.8) is 0 Å². The Hall–Kier alpha value is -2.22. The van der Waals surface area contributed by atoms with E-state index in [1.54, 1.807) is 6.92 Å². The van der Waals surface area contributed by atoms with Crippen molar-refractivity contribution in [2.75, 3.05) is 6.61 Å². The van der Waals surface area contributed by atoms with Crippen LogP contribution in [-0.4, -0.2) is 16.5 Å². The maximum Gasteiger partial charge on any atom is 0.321 e. The Labute approximate surface area is 89.6 Å². The van der Waals surface area contributed by atoms with Gasteiger partial charge in [0.1, 0.15) is 0 Å². The number of nitro benzene ring substituents is 2. The van der Waals surface area contributed by atoms with Crippen LogP contribution in [0.5, 0.6) is 5.75 Å². The van der Waals surface area contributed by atoms with Gasteiger partial charge in [-0.3, -0.25) is 20.2 Å². The fraction of sp³-hybridized carbons (Fsp3) is 0.250. The van der Waals surface area contributed by atoms with Gasteiger partial charge in [-0.25, -0.2) is 0 Å². The minimum atomic E-state index is -0.776. The van der Waals surface area contributed by atoms with Crippen LogP contribution in [0.2, 0.25) is 0 Å². The molecule has 0 spiro atoms. The predicted octanol–water partition coefficient (Wildman–Crippen LogP) is 1.83. The topological polar surface area (TPSA) is 105 Å². The number of hydrogen-bond donors (Lipinski definition) is 0. The lowest BCUT2D eigenvalue weighted by molar-refractivity contribution is -0.396. The van der Waals surface area contributed by atoms with Gasteiger partial charge in [0.05, 0.1) is 22.5 Å². The SMILES string of the molecule is CCOOc1ccc([N+](=O)[O-])cc1[N+](=O)[O-]. The Balaban J connectivity index is 3.09. The van der Waals surface area contributed by atoms with Gasteiger partial charge in [-0.1, -0.05) is 0 Å². The minimum Gasteiger partial charge on any atom is -0.330 e. The fourth-order valence-corrected chi connectivity index (χ4v) is 0.955. The molecule has 0 amide bonds. The number of benzene rings is 1. The lowest BCUT2D eigenvalue weighted by atomic mass is 10.2. The zero-order chi connectivity index (χ0) is 12.1. The third-order valence-electron chi connectivity index (χ3n) is 1.62. The summed E-state index contributed by atoms with van der Waals surface area (Å²) in [5.74, 6) is -0.169. The second-order valence-corrected chi connectivity index (χ2v) is 2.66. The first kappa shape index (κ1) is 11.9. The molecular formula is C8H8N2O6. The summed E-state index contributed by atoms with van der Waals surface area (Å²) >= 11 is 0. The van der Waals surface area contributed by atoms with Gasteiger partial charge in [0, 0.05) is 6.07 Å². The summed E-state index contributed by atoms with van der Waals surface area (Å²) < 4.78 is 0. The van der Waals surface area contributed by atoms with E-state index in [0.717, 1.165) is 18.2 Å². The van der Waals surface area contributed by atoms with E-state index in [1.165, 1.54) is 0 Å². The van der Waals surface area contributed by atoms with Gasteiger partial charge in [0.2, 0.25) is 5.75 Å². The second-order valence-electron chi connectivity index (χ2n) is 2.66. The van der Waals surface area contributed by atoms with Crippen LogP contribution < -0.4 is 4.89 Å².